The molecule has 0 aromatic carbocycles. The Kier molecular flexibility index (Phi) is 3.35. The number of rotatable bonds is 2. The van der Waals surface area contributed by atoms with E-state index in [1.54, 1.807) is 12.3 Å². The molecule has 0 aliphatic rings. The quantitative estimate of drug-likeness (QED) is 0.863. The highest BCUT2D eigenvalue weighted by Gasteiger charge is 2.08. The zero-order chi connectivity index (χ0) is 11.5. The van der Waals surface area contributed by atoms with Gasteiger partial charge in [-0.05, 0) is 39.8 Å². The Morgan fingerprint density at radius 2 is 2.06 bits per heavy atom. The van der Waals surface area contributed by atoms with E-state index >= 15 is 0 Å². The fraction of sp³-hybridized carbons (Fsp3) is 0. The second kappa shape index (κ2) is 4.75. The molecule has 0 saturated heterocycles. The first-order chi connectivity index (χ1) is 7.65. The third-order valence-electron chi connectivity index (χ3n) is 1.63. The van der Waals surface area contributed by atoms with Gasteiger partial charge in [0.2, 0.25) is 5.95 Å². The molecule has 4 nitrogen and oxygen atoms in total. The molecule has 2 aromatic rings. The molecular formula is C9H6BrFN4S. The van der Waals surface area contributed by atoms with Crippen molar-refractivity contribution in [3.05, 3.63) is 34.8 Å². The van der Waals surface area contributed by atoms with Gasteiger partial charge in [0.1, 0.15) is 10.1 Å². The van der Waals surface area contributed by atoms with Crippen LogP contribution in [0.5, 0.6) is 0 Å². The maximum atomic E-state index is 13.3. The lowest BCUT2D eigenvalue weighted by Gasteiger charge is -2.01. The van der Waals surface area contributed by atoms with Gasteiger partial charge in [0.05, 0.1) is 6.20 Å². The second-order valence-electron chi connectivity index (χ2n) is 2.80. The number of halogens is 2. The molecule has 0 aliphatic heterocycles. The first kappa shape index (κ1) is 11.3. The molecule has 0 fully saturated rings. The molecule has 0 radical (unpaired) electrons. The fourth-order valence-electron chi connectivity index (χ4n) is 0.958. The van der Waals surface area contributed by atoms with Crippen molar-refractivity contribution in [2.75, 3.05) is 5.73 Å². The Morgan fingerprint density at radius 1 is 1.25 bits per heavy atom. The molecule has 0 bridgehead atoms. The van der Waals surface area contributed by atoms with Crippen LogP contribution in [0.15, 0.2) is 39.1 Å². The van der Waals surface area contributed by atoms with E-state index in [1.165, 1.54) is 0 Å². The van der Waals surface area contributed by atoms with Gasteiger partial charge in [-0.2, -0.15) is 0 Å². The van der Waals surface area contributed by atoms with Crippen molar-refractivity contribution in [1.82, 2.24) is 15.0 Å². The van der Waals surface area contributed by atoms with Gasteiger partial charge in [-0.25, -0.2) is 19.3 Å². The minimum atomic E-state index is -0.510. The summed E-state index contributed by atoms with van der Waals surface area (Å²) >= 11 is 4.36. The second-order valence-corrected chi connectivity index (χ2v) is 4.72. The number of hydrogen-bond donors (Lipinski definition) is 1. The Balaban J connectivity index is 2.26. The highest BCUT2D eigenvalue weighted by molar-refractivity contribution is 9.10. The van der Waals surface area contributed by atoms with Crippen molar-refractivity contribution < 1.29 is 4.39 Å². The van der Waals surface area contributed by atoms with Crippen LogP contribution in [-0.2, 0) is 0 Å². The Bertz CT molecular complexity index is 505. The van der Waals surface area contributed by atoms with Crippen LogP contribution < -0.4 is 5.73 Å². The Hall–Kier alpha value is -1.21. The van der Waals surface area contributed by atoms with Crippen LogP contribution in [0.3, 0.4) is 0 Å². The monoisotopic (exact) mass is 300 g/mol. The van der Waals surface area contributed by atoms with E-state index in [4.69, 9.17) is 5.73 Å². The van der Waals surface area contributed by atoms with Gasteiger partial charge in [-0.1, -0.05) is 0 Å². The van der Waals surface area contributed by atoms with E-state index in [2.05, 4.69) is 30.9 Å². The number of hydrogen-bond acceptors (Lipinski definition) is 5. The van der Waals surface area contributed by atoms with Crippen molar-refractivity contribution in [2.45, 2.75) is 10.1 Å². The summed E-state index contributed by atoms with van der Waals surface area (Å²) in [5, 5.41) is 0.808. The van der Waals surface area contributed by atoms with Gasteiger partial charge in [0.25, 0.3) is 0 Å². The number of nitrogens with two attached hydrogens (primary N) is 1. The number of anilines is 1. The predicted molar refractivity (Wildman–Crippen MR) is 62.5 cm³/mol. The van der Waals surface area contributed by atoms with Gasteiger partial charge in [-0.15, -0.1) is 0 Å². The number of nitrogen functional groups attached to an aromatic ring is 1. The Labute approximate surface area is 104 Å². The van der Waals surface area contributed by atoms with Crippen LogP contribution >= 0.6 is 27.7 Å². The van der Waals surface area contributed by atoms with Gasteiger partial charge >= 0.3 is 0 Å². The molecule has 16 heavy (non-hydrogen) atoms. The minimum absolute atomic E-state index is 0.0426. The first-order valence-corrected chi connectivity index (χ1v) is 5.83. The maximum absolute atomic E-state index is 13.3. The molecule has 0 saturated carbocycles. The summed E-state index contributed by atoms with van der Waals surface area (Å²) in [6.45, 7) is 0. The molecule has 2 heterocycles. The van der Waals surface area contributed by atoms with E-state index in [0.717, 1.165) is 22.4 Å². The Morgan fingerprint density at radius 3 is 2.75 bits per heavy atom. The molecule has 2 N–H and O–H groups in total. The zero-order valence-corrected chi connectivity index (χ0v) is 10.3. The lowest BCUT2D eigenvalue weighted by Crippen LogP contribution is -1.97. The highest BCUT2D eigenvalue weighted by Crippen LogP contribution is 2.27. The minimum Gasteiger partial charge on any atom is -0.368 e. The summed E-state index contributed by atoms with van der Waals surface area (Å²) in [4.78, 5) is 11.4. The van der Waals surface area contributed by atoms with E-state index in [1.807, 2.05) is 6.07 Å². The number of pyridine rings is 1. The van der Waals surface area contributed by atoms with Crippen LogP contribution in [0.1, 0.15) is 0 Å². The molecule has 2 rings (SSSR count). The summed E-state index contributed by atoms with van der Waals surface area (Å²) in [6, 6.07) is 3.57. The molecule has 0 amide bonds. The lowest BCUT2D eigenvalue weighted by molar-refractivity contribution is 0.580. The third kappa shape index (κ3) is 2.67. The van der Waals surface area contributed by atoms with Crippen molar-refractivity contribution in [3.63, 3.8) is 0 Å². The van der Waals surface area contributed by atoms with Crippen LogP contribution in [0.2, 0.25) is 0 Å². The normalized spacial score (nSPS) is 10.4. The summed E-state index contributed by atoms with van der Waals surface area (Å²) < 4.78 is 14.2. The molecule has 0 spiro atoms. The smallest absolute Gasteiger partial charge is 0.221 e. The standard InChI is InChI=1S/C9H6BrFN4S/c10-5-1-2-7(13-3-5)16-8-6(11)4-14-9(12)15-8/h1-4H,(H2,12,14,15). The van der Waals surface area contributed by atoms with E-state index in [0.29, 0.717) is 5.03 Å². The van der Waals surface area contributed by atoms with Crippen LogP contribution in [0.25, 0.3) is 0 Å². The van der Waals surface area contributed by atoms with Crippen molar-refractivity contribution in [2.24, 2.45) is 0 Å². The molecule has 0 aliphatic carbocycles. The SMILES string of the molecule is Nc1ncc(F)c(Sc2ccc(Br)cn2)n1. The number of nitrogens with zero attached hydrogens (tertiary/aromatic N) is 3. The van der Waals surface area contributed by atoms with Crippen molar-refractivity contribution >= 4 is 33.6 Å². The molecule has 0 unspecified atom stereocenters. The molecule has 2 aromatic heterocycles. The van der Waals surface area contributed by atoms with Crippen LogP contribution in [-0.4, -0.2) is 15.0 Å². The number of aromatic nitrogens is 3. The molecule has 82 valence electrons. The van der Waals surface area contributed by atoms with Crippen molar-refractivity contribution in [3.8, 4) is 0 Å². The average Bonchev–Trinajstić information content (AvgIpc) is 2.27. The van der Waals surface area contributed by atoms with E-state index in [9.17, 15) is 4.39 Å². The maximum Gasteiger partial charge on any atom is 0.221 e. The summed E-state index contributed by atoms with van der Waals surface area (Å²) in [5.41, 5.74) is 5.38. The van der Waals surface area contributed by atoms with E-state index in [-0.39, 0.29) is 11.0 Å². The highest BCUT2D eigenvalue weighted by atomic mass is 79.9. The summed E-state index contributed by atoms with van der Waals surface area (Å²) in [5.74, 6) is -0.468. The van der Waals surface area contributed by atoms with Gasteiger partial charge in [-0.3, -0.25) is 0 Å². The van der Waals surface area contributed by atoms with Gasteiger partial charge in [0.15, 0.2) is 5.82 Å². The van der Waals surface area contributed by atoms with Crippen LogP contribution in [0, 0.1) is 5.82 Å². The van der Waals surface area contributed by atoms with Crippen LogP contribution in [0.4, 0.5) is 10.3 Å². The predicted octanol–water partition coefficient (Wildman–Crippen LogP) is 2.51. The lowest BCUT2D eigenvalue weighted by atomic mass is 10.5. The summed E-state index contributed by atoms with van der Waals surface area (Å²) in [7, 11) is 0. The van der Waals surface area contributed by atoms with Gasteiger partial charge < -0.3 is 5.73 Å². The topological polar surface area (TPSA) is 64.7 Å². The largest absolute Gasteiger partial charge is 0.368 e. The molecule has 0 atom stereocenters. The zero-order valence-electron chi connectivity index (χ0n) is 7.89. The molecule has 7 heteroatoms. The average molecular weight is 301 g/mol. The van der Waals surface area contributed by atoms with Gasteiger partial charge in [0, 0.05) is 10.7 Å². The first-order valence-electron chi connectivity index (χ1n) is 4.22. The third-order valence-corrected chi connectivity index (χ3v) is 3.03. The fourth-order valence-corrected chi connectivity index (χ4v) is 1.92. The van der Waals surface area contributed by atoms with Crippen molar-refractivity contribution in [1.29, 1.82) is 0 Å². The molecular weight excluding hydrogens is 295 g/mol. The summed E-state index contributed by atoms with van der Waals surface area (Å²) in [6.07, 6.45) is 2.67. The van der Waals surface area contributed by atoms with E-state index < -0.39 is 5.82 Å².